The first-order chi connectivity index (χ1) is 11.6. The molecule has 3 aromatic carbocycles. The largest absolute Gasteiger partial charge is 0.206 e. The molecule has 3 aromatic rings. The molecule has 2 heteroatoms. The summed E-state index contributed by atoms with van der Waals surface area (Å²) >= 11 is 0. The molecular weight excluding hydrogens is 302 g/mol. The quantitative estimate of drug-likeness (QED) is 0.519. The lowest BCUT2D eigenvalue weighted by Gasteiger charge is -2.09. The smallest absolute Gasteiger partial charge is 0.131 e. The Morgan fingerprint density at radius 3 is 1.67 bits per heavy atom. The van der Waals surface area contributed by atoms with Crippen LogP contribution in [0.2, 0.25) is 0 Å². The number of benzene rings is 3. The Morgan fingerprint density at radius 2 is 1.08 bits per heavy atom. The van der Waals surface area contributed by atoms with Gasteiger partial charge in [0, 0.05) is 11.1 Å². The lowest BCUT2D eigenvalue weighted by molar-refractivity contribution is 0.625. The van der Waals surface area contributed by atoms with Crippen LogP contribution in [0.5, 0.6) is 0 Å². The van der Waals surface area contributed by atoms with Gasteiger partial charge < -0.3 is 0 Å². The first-order valence-electron chi connectivity index (χ1n) is 8.30. The number of hydrogen-bond acceptors (Lipinski definition) is 0. The summed E-state index contributed by atoms with van der Waals surface area (Å²) in [5, 5.41) is 0. The minimum atomic E-state index is -0.337. The number of aryl methyl sites for hydroxylation is 2. The highest BCUT2D eigenvalue weighted by Gasteiger charge is 2.10. The van der Waals surface area contributed by atoms with Crippen molar-refractivity contribution in [1.82, 2.24) is 0 Å². The van der Waals surface area contributed by atoms with E-state index in [0.717, 1.165) is 24.0 Å². The molecule has 0 aliphatic rings. The van der Waals surface area contributed by atoms with Gasteiger partial charge in [-0.05, 0) is 47.2 Å². The summed E-state index contributed by atoms with van der Waals surface area (Å²) in [6.07, 6.45) is 1.73. The van der Waals surface area contributed by atoms with Gasteiger partial charge in [-0.25, -0.2) is 8.78 Å². The van der Waals surface area contributed by atoms with Gasteiger partial charge in [0.2, 0.25) is 0 Å². The van der Waals surface area contributed by atoms with Crippen LogP contribution in [0.25, 0.3) is 22.3 Å². The van der Waals surface area contributed by atoms with Gasteiger partial charge in [-0.2, -0.15) is 0 Å². The maximum Gasteiger partial charge on any atom is 0.131 e. The highest BCUT2D eigenvalue weighted by atomic mass is 19.1. The van der Waals surface area contributed by atoms with Crippen molar-refractivity contribution in [2.24, 2.45) is 0 Å². The van der Waals surface area contributed by atoms with Gasteiger partial charge in [0.1, 0.15) is 11.6 Å². The maximum atomic E-state index is 14.6. The molecule has 0 atom stereocenters. The fraction of sp³-hybridized carbons (Fsp3) is 0.182. The summed E-state index contributed by atoms with van der Waals surface area (Å²) in [6, 6.07) is 17.9. The molecule has 0 aliphatic carbocycles. The molecule has 0 bridgehead atoms. The van der Waals surface area contributed by atoms with E-state index in [9.17, 15) is 8.78 Å². The first-order valence-corrected chi connectivity index (χ1v) is 8.30. The van der Waals surface area contributed by atoms with E-state index < -0.39 is 0 Å². The van der Waals surface area contributed by atoms with Crippen molar-refractivity contribution in [1.29, 1.82) is 0 Å². The van der Waals surface area contributed by atoms with Crippen molar-refractivity contribution in [2.45, 2.75) is 26.7 Å². The zero-order valence-electron chi connectivity index (χ0n) is 13.9. The molecule has 0 fully saturated rings. The van der Waals surface area contributed by atoms with Crippen molar-refractivity contribution in [3.63, 3.8) is 0 Å². The predicted octanol–water partition coefficient (Wildman–Crippen LogP) is 6.42. The van der Waals surface area contributed by atoms with Gasteiger partial charge in [-0.15, -0.1) is 0 Å². The van der Waals surface area contributed by atoms with E-state index in [1.807, 2.05) is 37.3 Å². The third kappa shape index (κ3) is 3.23. The van der Waals surface area contributed by atoms with Crippen LogP contribution in [0, 0.1) is 11.6 Å². The van der Waals surface area contributed by atoms with E-state index in [-0.39, 0.29) is 11.6 Å². The van der Waals surface area contributed by atoms with Gasteiger partial charge in [0.25, 0.3) is 0 Å². The minimum absolute atomic E-state index is 0.311. The summed E-state index contributed by atoms with van der Waals surface area (Å²) in [5.74, 6) is -0.649. The second-order valence-corrected chi connectivity index (χ2v) is 5.91. The van der Waals surface area contributed by atoms with E-state index in [2.05, 4.69) is 6.92 Å². The van der Waals surface area contributed by atoms with Crippen molar-refractivity contribution in [3.05, 3.63) is 83.4 Å². The molecule has 0 N–H and O–H groups in total. The highest BCUT2D eigenvalue weighted by molar-refractivity contribution is 5.71. The topological polar surface area (TPSA) is 0 Å². The molecule has 0 unspecified atom stereocenters. The van der Waals surface area contributed by atoms with E-state index in [1.54, 1.807) is 18.2 Å². The zero-order valence-corrected chi connectivity index (χ0v) is 13.9. The van der Waals surface area contributed by atoms with Gasteiger partial charge in [-0.3, -0.25) is 0 Å². The number of halogens is 2. The SMILES string of the molecule is CCc1ccc(-c2ccc(-c3ccc(CC)cc3F)cc2F)cc1. The van der Waals surface area contributed by atoms with Gasteiger partial charge in [-0.1, -0.05) is 62.4 Å². The molecule has 0 amide bonds. The molecule has 0 heterocycles. The molecular formula is C22H20F2. The monoisotopic (exact) mass is 322 g/mol. The second-order valence-electron chi connectivity index (χ2n) is 5.91. The Kier molecular flexibility index (Phi) is 4.75. The van der Waals surface area contributed by atoms with Gasteiger partial charge in [0.05, 0.1) is 0 Å². The van der Waals surface area contributed by atoms with Crippen LogP contribution in [0.4, 0.5) is 8.78 Å². The Balaban J connectivity index is 1.97. The lowest BCUT2D eigenvalue weighted by atomic mass is 9.97. The average Bonchev–Trinajstić information content (AvgIpc) is 2.61. The van der Waals surface area contributed by atoms with E-state index in [0.29, 0.717) is 16.7 Å². The summed E-state index contributed by atoms with van der Waals surface area (Å²) in [6.45, 7) is 4.06. The second kappa shape index (κ2) is 6.96. The zero-order chi connectivity index (χ0) is 17.1. The van der Waals surface area contributed by atoms with Gasteiger partial charge >= 0.3 is 0 Å². The molecule has 3 rings (SSSR count). The third-order valence-electron chi connectivity index (χ3n) is 4.40. The Morgan fingerprint density at radius 1 is 0.583 bits per heavy atom. The van der Waals surface area contributed by atoms with E-state index in [4.69, 9.17) is 0 Å². The van der Waals surface area contributed by atoms with Crippen molar-refractivity contribution < 1.29 is 8.78 Å². The molecule has 122 valence electrons. The lowest BCUT2D eigenvalue weighted by Crippen LogP contribution is -1.91. The van der Waals surface area contributed by atoms with Crippen molar-refractivity contribution >= 4 is 0 Å². The Hall–Kier alpha value is -2.48. The van der Waals surface area contributed by atoms with Crippen LogP contribution in [-0.2, 0) is 12.8 Å². The normalized spacial score (nSPS) is 10.8. The Labute approximate surface area is 141 Å². The van der Waals surface area contributed by atoms with E-state index in [1.165, 1.54) is 17.7 Å². The fourth-order valence-electron chi connectivity index (χ4n) is 2.85. The summed E-state index contributed by atoms with van der Waals surface area (Å²) in [4.78, 5) is 0. The molecule has 0 saturated heterocycles. The highest BCUT2D eigenvalue weighted by Crippen LogP contribution is 2.30. The van der Waals surface area contributed by atoms with Crippen LogP contribution in [0.15, 0.2) is 60.7 Å². The summed E-state index contributed by atoms with van der Waals surface area (Å²) in [7, 11) is 0. The molecule has 0 aliphatic heterocycles. The Bertz CT molecular complexity index is 848. The van der Waals surface area contributed by atoms with Crippen LogP contribution < -0.4 is 0 Å². The maximum absolute atomic E-state index is 14.6. The van der Waals surface area contributed by atoms with Gasteiger partial charge in [0.15, 0.2) is 0 Å². The standard InChI is InChI=1S/C22H20F2/c1-3-15-5-8-17(9-6-15)19-12-10-18(14-22(19)24)20-11-7-16(4-2)13-21(20)23/h5-14H,3-4H2,1-2H3. The molecule has 0 radical (unpaired) electrons. The average molecular weight is 322 g/mol. The molecule has 0 nitrogen and oxygen atoms in total. The predicted molar refractivity (Wildman–Crippen MR) is 96.0 cm³/mol. The van der Waals surface area contributed by atoms with Crippen molar-refractivity contribution in [3.8, 4) is 22.3 Å². The molecule has 24 heavy (non-hydrogen) atoms. The molecule has 0 spiro atoms. The van der Waals surface area contributed by atoms with Crippen LogP contribution in [0.1, 0.15) is 25.0 Å². The molecule has 0 saturated carbocycles. The summed E-state index contributed by atoms with van der Waals surface area (Å²) < 4.78 is 28.8. The molecule has 0 aromatic heterocycles. The van der Waals surface area contributed by atoms with Crippen LogP contribution in [0.3, 0.4) is 0 Å². The third-order valence-corrected chi connectivity index (χ3v) is 4.40. The fourth-order valence-corrected chi connectivity index (χ4v) is 2.85. The van der Waals surface area contributed by atoms with Crippen LogP contribution in [-0.4, -0.2) is 0 Å². The van der Waals surface area contributed by atoms with E-state index >= 15 is 0 Å². The first kappa shape index (κ1) is 16.4. The van der Waals surface area contributed by atoms with Crippen molar-refractivity contribution in [2.75, 3.05) is 0 Å². The minimum Gasteiger partial charge on any atom is -0.206 e. The summed E-state index contributed by atoms with van der Waals surface area (Å²) in [5.41, 5.74) is 4.50. The number of rotatable bonds is 4. The number of hydrogen-bond donors (Lipinski definition) is 0. The van der Waals surface area contributed by atoms with Crippen LogP contribution >= 0.6 is 0 Å².